The van der Waals surface area contributed by atoms with E-state index < -0.39 is 0 Å². The zero-order valence-corrected chi connectivity index (χ0v) is 18.0. The molecule has 2 bridgehead atoms. The van der Waals surface area contributed by atoms with Crippen LogP contribution in [0.15, 0.2) is 18.2 Å². The largest absolute Gasteiger partial charge is 0.492 e. The summed E-state index contributed by atoms with van der Waals surface area (Å²) in [5.41, 5.74) is 0. The first-order valence-corrected chi connectivity index (χ1v) is 11.4. The third-order valence-corrected chi connectivity index (χ3v) is 7.51. The van der Waals surface area contributed by atoms with Crippen molar-refractivity contribution >= 4 is 23.5 Å². The van der Waals surface area contributed by atoms with Gasteiger partial charge in [0, 0.05) is 32.1 Å². The van der Waals surface area contributed by atoms with Crippen molar-refractivity contribution < 1.29 is 23.5 Å². The predicted molar refractivity (Wildman–Crippen MR) is 111 cm³/mol. The topological polar surface area (TPSA) is 71.1 Å². The second kappa shape index (κ2) is 8.47. The van der Waals surface area contributed by atoms with Gasteiger partial charge in [-0.1, -0.05) is 11.6 Å². The Hall–Kier alpha value is -2.06. The lowest BCUT2D eigenvalue weighted by Gasteiger charge is -2.44. The Morgan fingerprint density at radius 1 is 1.19 bits per heavy atom. The quantitative estimate of drug-likeness (QED) is 0.766. The van der Waals surface area contributed by atoms with E-state index in [1.165, 1.54) is 12.1 Å². The van der Waals surface area contributed by atoms with Crippen molar-refractivity contribution in [1.82, 2.24) is 15.1 Å². The Bertz CT molecular complexity index is 857. The number of nitrogens with one attached hydrogen (secondary N) is 1. The van der Waals surface area contributed by atoms with Gasteiger partial charge < -0.3 is 24.6 Å². The van der Waals surface area contributed by atoms with E-state index in [-0.39, 0.29) is 41.5 Å². The van der Waals surface area contributed by atoms with Gasteiger partial charge in [-0.2, -0.15) is 0 Å². The number of carbonyl (C=O) groups excluding carboxylic acids is 2. The number of hydrogen-bond donors (Lipinski definition) is 1. The third-order valence-electron chi connectivity index (χ3n) is 7.22. The first-order valence-electron chi connectivity index (χ1n) is 11.0. The summed E-state index contributed by atoms with van der Waals surface area (Å²) >= 11 is 6.09. The fraction of sp³-hybridized carbons (Fsp3) is 0.636. The highest BCUT2D eigenvalue weighted by molar-refractivity contribution is 6.32. The molecule has 9 heteroatoms. The van der Waals surface area contributed by atoms with Gasteiger partial charge in [0.05, 0.1) is 23.8 Å². The number of urea groups is 1. The van der Waals surface area contributed by atoms with Gasteiger partial charge in [-0.15, -0.1) is 0 Å². The number of fused-ring (bicyclic) bond motifs is 3. The smallest absolute Gasteiger partial charge is 0.320 e. The van der Waals surface area contributed by atoms with Gasteiger partial charge in [0.25, 0.3) is 0 Å². The van der Waals surface area contributed by atoms with E-state index >= 15 is 0 Å². The van der Waals surface area contributed by atoms with Crippen molar-refractivity contribution in [3.05, 3.63) is 29.0 Å². The van der Waals surface area contributed by atoms with Crippen molar-refractivity contribution in [1.29, 1.82) is 0 Å². The van der Waals surface area contributed by atoms with Gasteiger partial charge in [0.1, 0.15) is 18.2 Å². The highest BCUT2D eigenvalue weighted by Crippen LogP contribution is 2.43. The molecule has 3 aliphatic heterocycles. The average molecular weight is 452 g/mol. The third kappa shape index (κ3) is 4.20. The molecule has 0 spiro atoms. The van der Waals surface area contributed by atoms with E-state index in [4.69, 9.17) is 21.1 Å². The number of piperidine rings is 2. The standard InChI is InChI=1S/C22H27ClFN3O4/c23-17-7-15(24)3-4-19(17)30-11-16-13-1-2-14(16)9-27(8-13)22(29)26-6-5-20-18(10-26)25-21(28)12-31-20/h3-4,7,13-14,16,18,20H,1-2,5-6,8-12H2,(H,25,28)/t13?,14?,16?,18-,20?/m0/s1. The molecule has 3 amide bonds. The molecule has 3 heterocycles. The molecule has 0 radical (unpaired) electrons. The zero-order chi connectivity index (χ0) is 21.5. The lowest BCUT2D eigenvalue weighted by molar-refractivity contribution is -0.139. The number of ether oxygens (including phenoxy) is 2. The normalized spacial score (nSPS) is 32.5. The first kappa shape index (κ1) is 20.8. The predicted octanol–water partition coefficient (Wildman–Crippen LogP) is 2.53. The molecule has 1 aliphatic carbocycles. The van der Waals surface area contributed by atoms with Crippen LogP contribution in [-0.4, -0.2) is 73.3 Å². The maximum atomic E-state index is 13.3. The van der Waals surface area contributed by atoms with Crippen LogP contribution in [0.4, 0.5) is 9.18 Å². The highest BCUT2D eigenvalue weighted by Gasteiger charge is 2.45. The van der Waals surface area contributed by atoms with Crippen LogP contribution in [0, 0.1) is 23.6 Å². The highest BCUT2D eigenvalue weighted by atomic mass is 35.5. The molecule has 5 rings (SSSR count). The number of amides is 3. The van der Waals surface area contributed by atoms with Crippen LogP contribution >= 0.6 is 11.6 Å². The monoisotopic (exact) mass is 451 g/mol. The molecule has 0 aromatic heterocycles. The summed E-state index contributed by atoms with van der Waals surface area (Å²) in [5, 5.41) is 3.24. The molecule has 4 atom stereocenters. The molecule has 1 N–H and O–H groups in total. The second-order valence-corrected chi connectivity index (χ2v) is 9.50. The molecule has 1 aromatic rings. The SMILES string of the molecule is O=C1COC2CCN(C(=O)N3CC4CCC(C3)C4COc3ccc(F)cc3Cl)C[C@@H]2N1. The molecule has 31 heavy (non-hydrogen) atoms. The van der Waals surface area contributed by atoms with Crippen molar-refractivity contribution in [3.63, 3.8) is 0 Å². The minimum Gasteiger partial charge on any atom is -0.492 e. The van der Waals surface area contributed by atoms with E-state index in [2.05, 4.69) is 5.32 Å². The van der Waals surface area contributed by atoms with E-state index in [1.54, 1.807) is 6.07 Å². The van der Waals surface area contributed by atoms with Crippen molar-refractivity contribution in [2.24, 2.45) is 17.8 Å². The van der Waals surface area contributed by atoms with Crippen LogP contribution < -0.4 is 10.1 Å². The lowest BCUT2D eigenvalue weighted by atomic mass is 9.86. The van der Waals surface area contributed by atoms with Crippen LogP contribution in [0.25, 0.3) is 0 Å². The van der Waals surface area contributed by atoms with Crippen LogP contribution in [0.1, 0.15) is 19.3 Å². The summed E-state index contributed by atoms with van der Waals surface area (Å²) in [4.78, 5) is 28.7. The second-order valence-electron chi connectivity index (χ2n) is 9.09. The Labute approximate surface area is 185 Å². The van der Waals surface area contributed by atoms with E-state index in [0.29, 0.717) is 56.3 Å². The van der Waals surface area contributed by atoms with Crippen molar-refractivity contribution in [3.8, 4) is 5.75 Å². The van der Waals surface area contributed by atoms with Gasteiger partial charge in [-0.25, -0.2) is 9.18 Å². The maximum Gasteiger partial charge on any atom is 0.320 e. The number of nitrogens with zero attached hydrogens (tertiary/aromatic N) is 2. The summed E-state index contributed by atoms with van der Waals surface area (Å²) in [6.07, 6.45) is 2.90. The van der Waals surface area contributed by atoms with Crippen LogP contribution in [0.5, 0.6) is 5.75 Å². The molecule has 4 aliphatic rings. The molecule has 1 saturated carbocycles. The van der Waals surface area contributed by atoms with E-state index in [0.717, 1.165) is 19.3 Å². The minimum absolute atomic E-state index is 0.000832. The number of carbonyl (C=O) groups is 2. The number of rotatable bonds is 3. The van der Waals surface area contributed by atoms with Gasteiger partial charge in [0.15, 0.2) is 0 Å². The Balaban J connectivity index is 1.18. The number of morpholine rings is 1. The molecular weight excluding hydrogens is 425 g/mol. The molecule has 7 nitrogen and oxygen atoms in total. The first-order chi connectivity index (χ1) is 15.0. The number of hydrogen-bond acceptors (Lipinski definition) is 4. The summed E-state index contributed by atoms with van der Waals surface area (Å²) in [6, 6.07) is 4.10. The molecule has 1 aromatic carbocycles. The van der Waals surface area contributed by atoms with Crippen molar-refractivity contribution in [2.75, 3.05) is 39.4 Å². The Kier molecular flexibility index (Phi) is 5.69. The molecule has 168 valence electrons. The van der Waals surface area contributed by atoms with E-state index in [1.807, 2.05) is 9.80 Å². The Morgan fingerprint density at radius 2 is 1.97 bits per heavy atom. The summed E-state index contributed by atoms with van der Waals surface area (Å²) in [5.74, 6) is 1.14. The fourth-order valence-corrected chi connectivity index (χ4v) is 5.84. The van der Waals surface area contributed by atoms with Gasteiger partial charge in [-0.05, 0) is 49.3 Å². The van der Waals surface area contributed by atoms with Gasteiger partial charge >= 0.3 is 6.03 Å². The summed E-state index contributed by atoms with van der Waals surface area (Å²) in [6.45, 7) is 3.21. The van der Waals surface area contributed by atoms with E-state index in [9.17, 15) is 14.0 Å². The van der Waals surface area contributed by atoms with Crippen molar-refractivity contribution in [2.45, 2.75) is 31.4 Å². The van der Waals surface area contributed by atoms with Gasteiger partial charge in [0.2, 0.25) is 5.91 Å². The van der Waals surface area contributed by atoms with Crippen LogP contribution in [0.3, 0.4) is 0 Å². The summed E-state index contributed by atoms with van der Waals surface area (Å²) < 4.78 is 24.8. The molecular formula is C22H27ClFN3O4. The molecule has 4 fully saturated rings. The summed E-state index contributed by atoms with van der Waals surface area (Å²) in [7, 11) is 0. The lowest BCUT2D eigenvalue weighted by Crippen LogP contribution is -2.63. The van der Waals surface area contributed by atoms with Gasteiger partial charge in [-0.3, -0.25) is 4.79 Å². The average Bonchev–Trinajstić information content (AvgIpc) is 2.99. The number of halogens is 2. The zero-order valence-electron chi connectivity index (χ0n) is 17.3. The minimum atomic E-state index is -0.382. The fourth-order valence-electron chi connectivity index (χ4n) is 5.62. The molecule has 3 saturated heterocycles. The van der Waals surface area contributed by atoms with Crippen LogP contribution in [0.2, 0.25) is 5.02 Å². The maximum absolute atomic E-state index is 13.3. The number of likely N-dealkylation sites (tertiary alicyclic amines) is 2. The molecule has 3 unspecified atom stereocenters. The Morgan fingerprint density at radius 3 is 2.71 bits per heavy atom. The number of benzene rings is 1. The van der Waals surface area contributed by atoms with Crippen LogP contribution in [-0.2, 0) is 9.53 Å².